The standard InChI is InChI=1S/C22H28N4/c1-16-6-5-11-25(14-16)22-23-13-19-20(24-22)12-18-9-10-21(19)26(18)15-17-7-3-2-4-8-17/h2-4,7-8,13,16,18,21H,5-6,9-12,14-15H2,1H3/t16-,18-,21-/m1/s1. The third-order valence-corrected chi connectivity index (χ3v) is 6.47. The van der Waals surface area contributed by atoms with Crippen molar-refractivity contribution in [2.45, 2.75) is 57.7 Å². The second kappa shape index (κ2) is 6.66. The van der Waals surface area contributed by atoms with Crippen molar-refractivity contribution in [1.82, 2.24) is 14.9 Å². The molecule has 3 aliphatic heterocycles. The number of fused-ring (bicyclic) bond motifs is 4. The van der Waals surface area contributed by atoms with E-state index in [0.29, 0.717) is 12.1 Å². The van der Waals surface area contributed by atoms with Gasteiger partial charge in [0, 0.05) is 49.9 Å². The van der Waals surface area contributed by atoms with Crippen LogP contribution in [0.4, 0.5) is 5.95 Å². The van der Waals surface area contributed by atoms with Gasteiger partial charge in [0.05, 0.1) is 5.69 Å². The Morgan fingerprint density at radius 1 is 1.12 bits per heavy atom. The molecule has 2 saturated heterocycles. The molecule has 5 rings (SSSR count). The van der Waals surface area contributed by atoms with E-state index in [2.05, 4.69) is 53.3 Å². The van der Waals surface area contributed by atoms with Gasteiger partial charge in [-0.15, -0.1) is 0 Å². The van der Waals surface area contributed by atoms with Gasteiger partial charge < -0.3 is 4.90 Å². The highest BCUT2D eigenvalue weighted by molar-refractivity contribution is 5.38. The van der Waals surface area contributed by atoms with Crippen molar-refractivity contribution < 1.29 is 0 Å². The molecule has 4 heteroatoms. The molecule has 3 atom stereocenters. The van der Waals surface area contributed by atoms with Gasteiger partial charge >= 0.3 is 0 Å². The lowest BCUT2D eigenvalue weighted by Gasteiger charge is -2.37. The average Bonchev–Trinajstić information content (AvgIpc) is 2.94. The maximum Gasteiger partial charge on any atom is 0.225 e. The zero-order valence-corrected chi connectivity index (χ0v) is 15.6. The van der Waals surface area contributed by atoms with Crippen LogP contribution < -0.4 is 4.90 Å². The van der Waals surface area contributed by atoms with Crippen LogP contribution in [0.25, 0.3) is 0 Å². The van der Waals surface area contributed by atoms with Crippen molar-refractivity contribution in [3.63, 3.8) is 0 Å². The molecule has 0 radical (unpaired) electrons. The number of piperidine rings is 1. The summed E-state index contributed by atoms with van der Waals surface area (Å²) in [4.78, 5) is 14.9. The van der Waals surface area contributed by atoms with E-state index in [1.165, 1.54) is 42.5 Å². The van der Waals surface area contributed by atoms with Gasteiger partial charge in [-0.3, -0.25) is 4.90 Å². The fraction of sp³-hybridized carbons (Fsp3) is 0.545. The number of hydrogen-bond donors (Lipinski definition) is 0. The summed E-state index contributed by atoms with van der Waals surface area (Å²) >= 11 is 0. The Balaban J connectivity index is 1.39. The Labute approximate surface area is 156 Å². The maximum atomic E-state index is 5.04. The molecule has 0 saturated carbocycles. The first kappa shape index (κ1) is 16.2. The van der Waals surface area contributed by atoms with Crippen molar-refractivity contribution in [3.8, 4) is 0 Å². The zero-order valence-electron chi connectivity index (χ0n) is 15.6. The first-order valence-electron chi connectivity index (χ1n) is 10.2. The number of benzene rings is 1. The predicted molar refractivity (Wildman–Crippen MR) is 104 cm³/mol. The molecule has 136 valence electrons. The summed E-state index contributed by atoms with van der Waals surface area (Å²) in [6, 6.07) is 12.0. The van der Waals surface area contributed by atoms with Gasteiger partial charge in [-0.2, -0.15) is 0 Å². The molecule has 0 spiro atoms. The first-order valence-corrected chi connectivity index (χ1v) is 10.2. The van der Waals surface area contributed by atoms with E-state index in [-0.39, 0.29) is 0 Å². The predicted octanol–water partition coefficient (Wildman–Crippen LogP) is 3.97. The van der Waals surface area contributed by atoms with Crippen LogP contribution in [0.3, 0.4) is 0 Å². The summed E-state index contributed by atoms with van der Waals surface area (Å²) in [5.41, 5.74) is 4.10. The third-order valence-electron chi connectivity index (χ3n) is 6.47. The van der Waals surface area contributed by atoms with Gasteiger partial charge in [0.2, 0.25) is 5.95 Å². The van der Waals surface area contributed by atoms with Crippen molar-refractivity contribution >= 4 is 5.95 Å². The molecule has 0 amide bonds. The largest absolute Gasteiger partial charge is 0.341 e. The fourth-order valence-corrected chi connectivity index (χ4v) is 5.13. The smallest absolute Gasteiger partial charge is 0.225 e. The Bertz CT molecular complexity index is 775. The molecule has 4 nitrogen and oxygen atoms in total. The molecule has 0 N–H and O–H groups in total. The third kappa shape index (κ3) is 2.90. The number of anilines is 1. The molecule has 2 aromatic rings. The number of nitrogens with zero attached hydrogens (tertiary/aromatic N) is 4. The lowest BCUT2D eigenvalue weighted by Crippen LogP contribution is -2.39. The van der Waals surface area contributed by atoms with Gasteiger partial charge in [0.25, 0.3) is 0 Å². The summed E-state index contributed by atoms with van der Waals surface area (Å²) in [6.45, 7) is 5.59. The van der Waals surface area contributed by atoms with E-state index in [0.717, 1.165) is 37.9 Å². The molecule has 1 aromatic heterocycles. The second-order valence-corrected chi connectivity index (χ2v) is 8.37. The average molecular weight is 348 g/mol. The molecule has 0 unspecified atom stereocenters. The van der Waals surface area contributed by atoms with Gasteiger partial charge in [-0.05, 0) is 37.2 Å². The summed E-state index contributed by atoms with van der Waals surface area (Å²) in [5, 5.41) is 0. The van der Waals surface area contributed by atoms with Crippen LogP contribution in [0.15, 0.2) is 36.5 Å². The molecule has 2 bridgehead atoms. The van der Waals surface area contributed by atoms with Crippen LogP contribution in [0, 0.1) is 5.92 Å². The maximum absolute atomic E-state index is 5.04. The van der Waals surface area contributed by atoms with E-state index in [1.807, 2.05) is 0 Å². The van der Waals surface area contributed by atoms with Crippen LogP contribution in [0.1, 0.15) is 55.5 Å². The molecule has 0 aliphatic carbocycles. The Morgan fingerprint density at radius 3 is 2.85 bits per heavy atom. The first-order chi connectivity index (χ1) is 12.8. The van der Waals surface area contributed by atoms with E-state index < -0.39 is 0 Å². The minimum atomic E-state index is 0.498. The lowest BCUT2D eigenvalue weighted by molar-refractivity contribution is 0.166. The number of hydrogen-bond acceptors (Lipinski definition) is 4. The van der Waals surface area contributed by atoms with Gasteiger partial charge in [0.15, 0.2) is 0 Å². The van der Waals surface area contributed by atoms with E-state index in [4.69, 9.17) is 9.97 Å². The Hall–Kier alpha value is -1.94. The molecular formula is C22H28N4. The van der Waals surface area contributed by atoms with Crippen LogP contribution >= 0.6 is 0 Å². The highest BCUT2D eigenvalue weighted by atomic mass is 15.3. The summed E-state index contributed by atoms with van der Waals surface area (Å²) in [5.74, 6) is 1.71. The fourth-order valence-electron chi connectivity index (χ4n) is 5.13. The highest BCUT2D eigenvalue weighted by Crippen LogP contribution is 2.44. The van der Waals surface area contributed by atoms with Crippen LogP contribution in [-0.2, 0) is 13.0 Å². The normalized spacial score (nSPS) is 28.2. The second-order valence-electron chi connectivity index (χ2n) is 8.37. The van der Waals surface area contributed by atoms with Gasteiger partial charge in [-0.25, -0.2) is 9.97 Å². The highest BCUT2D eigenvalue weighted by Gasteiger charge is 2.40. The summed E-state index contributed by atoms with van der Waals surface area (Å²) in [7, 11) is 0. The molecule has 3 aliphatic rings. The Kier molecular flexibility index (Phi) is 4.16. The lowest BCUT2D eigenvalue weighted by atomic mass is 9.98. The number of rotatable bonds is 3. The molecule has 1 aromatic carbocycles. The minimum Gasteiger partial charge on any atom is -0.341 e. The monoisotopic (exact) mass is 348 g/mol. The van der Waals surface area contributed by atoms with E-state index in [9.17, 15) is 0 Å². The van der Waals surface area contributed by atoms with Crippen molar-refractivity contribution in [2.24, 2.45) is 5.92 Å². The van der Waals surface area contributed by atoms with Crippen LogP contribution in [-0.4, -0.2) is 34.0 Å². The van der Waals surface area contributed by atoms with Crippen LogP contribution in [0.5, 0.6) is 0 Å². The van der Waals surface area contributed by atoms with Gasteiger partial charge in [-0.1, -0.05) is 37.3 Å². The van der Waals surface area contributed by atoms with Crippen molar-refractivity contribution in [2.75, 3.05) is 18.0 Å². The SMILES string of the molecule is C[C@@H]1CCCN(c2ncc3c(n2)C[C@H]2CC[C@H]3N2Cc2ccccc2)C1. The van der Waals surface area contributed by atoms with Gasteiger partial charge in [0.1, 0.15) is 0 Å². The Morgan fingerprint density at radius 2 is 2.00 bits per heavy atom. The zero-order chi connectivity index (χ0) is 17.5. The van der Waals surface area contributed by atoms with Crippen molar-refractivity contribution in [1.29, 1.82) is 0 Å². The summed E-state index contributed by atoms with van der Waals surface area (Å²) < 4.78 is 0. The molecule has 4 heterocycles. The topological polar surface area (TPSA) is 32.3 Å². The van der Waals surface area contributed by atoms with E-state index in [1.54, 1.807) is 0 Å². The molecule has 26 heavy (non-hydrogen) atoms. The number of aromatic nitrogens is 2. The quantitative estimate of drug-likeness (QED) is 0.840. The van der Waals surface area contributed by atoms with Crippen molar-refractivity contribution in [3.05, 3.63) is 53.3 Å². The molecule has 2 fully saturated rings. The molecular weight excluding hydrogens is 320 g/mol. The minimum absolute atomic E-state index is 0.498. The van der Waals surface area contributed by atoms with E-state index >= 15 is 0 Å². The summed E-state index contributed by atoms with van der Waals surface area (Å²) in [6.07, 6.45) is 8.34. The van der Waals surface area contributed by atoms with Crippen LogP contribution in [0.2, 0.25) is 0 Å².